The molecule has 0 saturated heterocycles. The number of nitrogens with one attached hydrogen (secondary N) is 1. The molecule has 0 saturated carbocycles. The van der Waals surface area contributed by atoms with Crippen molar-refractivity contribution in [1.82, 2.24) is 0 Å². The van der Waals surface area contributed by atoms with Gasteiger partial charge in [-0.2, -0.15) is 4.99 Å². The number of ether oxygens (including phenoxy) is 1. The largest absolute Gasteiger partial charge is 0.497 e. The lowest BCUT2D eigenvalue weighted by molar-refractivity contribution is 0.414. The molecule has 0 aliphatic heterocycles. The Labute approximate surface area is 99.5 Å². The van der Waals surface area contributed by atoms with Crippen LogP contribution in [0.3, 0.4) is 0 Å². The molecule has 1 aromatic rings. The van der Waals surface area contributed by atoms with Crippen molar-refractivity contribution < 1.29 is 4.74 Å². The van der Waals surface area contributed by atoms with Gasteiger partial charge in [0, 0.05) is 5.69 Å². The highest BCUT2D eigenvalue weighted by Crippen LogP contribution is 2.20. The number of aliphatic imine (C=N–C) groups is 1. The first-order valence-electron chi connectivity index (χ1n) is 4.58. The number of benzene rings is 1. The fraction of sp³-hybridized carbons (Fsp3) is 0.200. The molecule has 0 aliphatic rings. The molecular weight excluding hydrogens is 224 g/mol. The number of guanidine groups is 1. The third-order valence-corrected chi connectivity index (χ3v) is 2.10. The lowest BCUT2D eigenvalue weighted by Gasteiger charge is -2.09. The minimum absolute atomic E-state index is 0.0661. The molecule has 86 valence electrons. The zero-order valence-corrected chi connectivity index (χ0v) is 9.97. The van der Waals surface area contributed by atoms with E-state index in [9.17, 15) is 0 Å². The van der Waals surface area contributed by atoms with E-state index in [0.29, 0.717) is 0 Å². The Morgan fingerprint density at radius 3 is 2.62 bits per heavy atom. The van der Waals surface area contributed by atoms with Crippen LogP contribution in [0.5, 0.6) is 5.75 Å². The monoisotopic (exact) mass is 238 g/mol. The second-order valence-electron chi connectivity index (χ2n) is 3.15. The topological polar surface area (TPSA) is 85.7 Å². The first-order chi connectivity index (χ1) is 7.52. The van der Waals surface area contributed by atoms with Crippen LogP contribution >= 0.6 is 12.2 Å². The van der Waals surface area contributed by atoms with Gasteiger partial charge in [-0.1, -0.05) is 0 Å². The maximum absolute atomic E-state index is 5.21. The zero-order valence-electron chi connectivity index (χ0n) is 9.15. The Kier molecular flexibility index (Phi) is 4.07. The molecule has 0 spiro atoms. The number of nitrogens with zero attached hydrogens (tertiary/aromatic N) is 1. The van der Waals surface area contributed by atoms with Gasteiger partial charge in [-0.15, -0.1) is 0 Å². The fourth-order valence-corrected chi connectivity index (χ4v) is 1.38. The van der Waals surface area contributed by atoms with Crippen molar-refractivity contribution in [3.05, 3.63) is 23.8 Å². The van der Waals surface area contributed by atoms with Gasteiger partial charge in [-0.3, -0.25) is 0 Å². The summed E-state index contributed by atoms with van der Waals surface area (Å²) in [5.74, 6) is 0.722. The smallest absolute Gasteiger partial charge is 0.200 e. The molecule has 1 aromatic carbocycles. The highest BCUT2D eigenvalue weighted by molar-refractivity contribution is 7.80. The van der Waals surface area contributed by atoms with Crippen molar-refractivity contribution in [3.63, 3.8) is 0 Å². The van der Waals surface area contributed by atoms with Gasteiger partial charge in [0.15, 0.2) is 5.96 Å². The Morgan fingerprint density at radius 1 is 1.44 bits per heavy atom. The minimum Gasteiger partial charge on any atom is -0.497 e. The number of aryl methyl sites for hydroxylation is 1. The van der Waals surface area contributed by atoms with Crippen LogP contribution in [0.25, 0.3) is 0 Å². The number of hydrogen-bond donors (Lipinski definition) is 3. The summed E-state index contributed by atoms with van der Waals surface area (Å²) in [6.45, 7) is 1.93. The van der Waals surface area contributed by atoms with Gasteiger partial charge in [0.05, 0.1) is 7.11 Å². The van der Waals surface area contributed by atoms with E-state index in [1.165, 1.54) is 0 Å². The van der Waals surface area contributed by atoms with Gasteiger partial charge >= 0.3 is 0 Å². The Hall–Kier alpha value is -1.82. The highest BCUT2D eigenvalue weighted by atomic mass is 32.1. The van der Waals surface area contributed by atoms with Crippen LogP contribution in [-0.2, 0) is 0 Å². The average molecular weight is 238 g/mol. The summed E-state index contributed by atoms with van der Waals surface area (Å²) in [7, 11) is 1.62. The van der Waals surface area contributed by atoms with E-state index in [-0.39, 0.29) is 11.1 Å². The zero-order chi connectivity index (χ0) is 12.1. The molecule has 0 bridgehead atoms. The van der Waals surface area contributed by atoms with Crippen LogP contribution in [-0.4, -0.2) is 18.2 Å². The highest BCUT2D eigenvalue weighted by Gasteiger charge is 2.02. The quantitative estimate of drug-likeness (QED) is 0.406. The summed E-state index contributed by atoms with van der Waals surface area (Å²) >= 11 is 4.94. The maximum Gasteiger partial charge on any atom is 0.200 e. The first kappa shape index (κ1) is 12.3. The third kappa shape index (κ3) is 3.39. The molecule has 16 heavy (non-hydrogen) atoms. The molecule has 0 aromatic heterocycles. The predicted molar refractivity (Wildman–Crippen MR) is 69.8 cm³/mol. The van der Waals surface area contributed by atoms with Gasteiger partial charge < -0.3 is 21.5 Å². The van der Waals surface area contributed by atoms with E-state index in [1.54, 1.807) is 7.11 Å². The van der Waals surface area contributed by atoms with Crippen molar-refractivity contribution in [2.24, 2.45) is 16.5 Å². The Morgan fingerprint density at radius 2 is 2.12 bits per heavy atom. The van der Waals surface area contributed by atoms with E-state index >= 15 is 0 Å². The van der Waals surface area contributed by atoms with E-state index in [4.69, 9.17) is 28.4 Å². The summed E-state index contributed by atoms with van der Waals surface area (Å²) in [6, 6.07) is 5.57. The molecule has 1 rings (SSSR count). The predicted octanol–water partition coefficient (Wildman–Crippen LogP) is 0.974. The van der Waals surface area contributed by atoms with Crippen molar-refractivity contribution in [2.45, 2.75) is 6.92 Å². The normalized spacial score (nSPS) is 9.38. The van der Waals surface area contributed by atoms with Crippen molar-refractivity contribution >= 4 is 29.0 Å². The van der Waals surface area contributed by atoms with Crippen LogP contribution in [0.15, 0.2) is 23.2 Å². The Bertz CT molecular complexity index is 427. The molecule has 0 heterocycles. The number of methoxy groups -OCH3 is 1. The van der Waals surface area contributed by atoms with Crippen LogP contribution in [0.2, 0.25) is 0 Å². The molecule has 0 aliphatic carbocycles. The molecule has 0 amide bonds. The second kappa shape index (κ2) is 5.32. The number of hydrogen-bond acceptors (Lipinski definition) is 2. The number of anilines is 1. The molecule has 0 unspecified atom stereocenters. The number of rotatable bonds is 2. The van der Waals surface area contributed by atoms with Crippen molar-refractivity contribution in [1.29, 1.82) is 0 Å². The lowest BCUT2D eigenvalue weighted by atomic mass is 10.2. The third-order valence-electron chi connectivity index (χ3n) is 1.91. The molecule has 5 N–H and O–H groups in total. The second-order valence-corrected chi connectivity index (χ2v) is 3.53. The summed E-state index contributed by atoms with van der Waals surface area (Å²) in [5.41, 5.74) is 12.3. The van der Waals surface area contributed by atoms with Crippen LogP contribution in [0.4, 0.5) is 5.69 Å². The molecule has 0 fully saturated rings. The average Bonchev–Trinajstić information content (AvgIpc) is 2.19. The lowest BCUT2D eigenvalue weighted by Crippen LogP contribution is -2.25. The summed E-state index contributed by atoms with van der Waals surface area (Å²) < 4.78 is 5.09. The minimum atomic E-state index is -0.0661. The fourth-order valence-electron chi connectivity index (χ4n) is 1.16. The number of thiocarbonyl (C=S) groups is 1. The van der Waals surface area contributed by atoms with Crippen molar-refractivity contribution in [3.8, 4) is 5.75 Å². The first-order valence-corrected chi connectivity index (χ1v) is 4.99. The SMILES string of the molecule is COc1ccc(NC(=S)N=C(N)N)c(C)c1. The van der Waals surface area contributed by atoms with Crippen molar-refractivity contribution in [2.75, 3.05) is 12.4 Å². The molecule has 0 atom stereocenters. The summed E-state index contributed by atoms with van der Waals surface area (Å²) in [5, 5.41) is 3.15. The van der Waals surface area contributed by atoms with E-state index in [0.717, 1.165) is 17.0 Å². The molecule has 5 nitrogen and oxygen atoms in total. The Balaban J connectivity index is 2.82. The standard InChI is InChI=1S/C10H14N4OS/c1-6-5-7(15-2)3-4-8(6)13-10(16)14-9(11)12/h3-5H,1-2H3,(H5,11,12,13,14,16). The summed E-state index contributed by atoms with van der Waals surface area (Å²) in [4.78, 5) is 3.72. The van der Waals surface area contributed by atoms with Gasteiger partial charge in [0.25, 0.3) is 0 Å². The van der Waals surface area contributed by atoms with Gasteiger partial charge in [-0.25, -0.2) is 0 Å². The summed E-state index contributed by atoms with van der Waals surface area (Å²) in [6.07, 6.45) is 0. The van der Waals surface area contributed by atoms with Crippen LogP contribution in [0.1, 0.15) is 5.56 Å². The van der Waals surface area contributed by atoms with E-state index in [2.05, 4.69) is 10.3 Å². The molecular formula is C10H14N4OS. The molecule has 6 heteroatoms. The van der Waals surface area contributed by atoms with Gasteiger partial charge in [0.2, 0.25) is 5.11 Å². The molecule has 0 radical (unpaired) electrons. The number of nitrogens with two attached hydrogens (primary N) is 2. The van der Waals surface area contributed by atoms with Gasteiger partial charge in [-0.05, 0) is 42.9 Å². The van der Waals surface area contributed by atoms with Crippen LogP contribution < -0.4 is 21.5 Å². The van der Waals surface area contributed by atoms with E-state index < -0.39 is 0 Å². The maximum atomic E-state index is 5.21. The van der Waals surface area contributed by atoms with Crippen LogP contribution in [0, 0.1) is 6.92 Å². The van der Waals surface area contributed by atoms with Gasteiger partial charge in [0.1, 0.15) is 5.75 Å². The van der Waals surface area contributed by atoms with E-state index in [1.807, 2.05) is 25.1 Å².